The zero-order chi connectivity index (χ0) is 25.7. The van der Waals surface area contributed by atoms with Crippen molar-refractivity contribution in [2.24, 2.45) is 0 Å². The summed E-state index contributed by atoms with van der Waals surface area (Å²) in [4.78, 5) is 36.1. The molecule has 0 aromatic heterocycles. The quantitative estimate of drug-likeness (QED) is 0.143. The monoisotopic (exact) mass is 483 g/mol. The zero-order valence-corrected chi connectivity index (χ0v) is 20.8. The van der Waals surface area contributed by atoms with Crippen molar-refractivity contribution in [3.8, 4) is 0 Å². The summed E-state index contributed by atoms with van der Waals surface area (Å²) in [5, 5.41) is 14.7. The Morgan fingerprint density at radius 2 is 1.54 bits per heavy atom. The second kappa shape index (κ2) is 14.2. The van der Waals surface area contributed by atoms with E-state index in [1.165, 1.54) is 0 Å². The van der Waals surface area contributed by atoms with Crippen molar-refractivity contribution in [2.75, 3.05) is 5.32 Å². The van der Waals surface area contributed by atoms with Gasteiger partial charge in [0.05, 0.1) is 0 Å². The number of benzene rings is 2. The second-order valence-electron chi connectivity index (χ2n) is 9.46. The van der Waals surface area contributed by atoms with Gasteiger partial charge in [-0.3, -0.25) is 20.1 Å². The van der Waals surface area contributed by atoms with Gasteiger partial charge < -0.3 is 10.1 Å². The first-order chi connectivity index (χ1) is 16.7. The van der Waals surface area contributed by atoms with Crippen LogP contribution in [0.25, 0.3) is 0 Å². The first kappa shape index (κ1) is 28.0. The average Bonchev–Trinajstić information content (AvgIpc) is 2.81. The highest BCUT2D eigenvalue weighted by atomic mass is 16.6. The normalized spacial score (nSPS) is 12.0. The van der Waals surface area contributed by atoms with Crippen LogP contribution in [0, 0.1) is 0 Å². The van der Waals surface area contributed by atoms with Gasteiger partial charge in [-0.25, -0.2) is 10.3 Å². The fraction of sp³-hybridized carbons (Fsp3) is 0.444. The summed E-state index contributed by atoms with van der Waals surface area (Å²) < 4.78 is 5.61. The van der Waals surface area contributed by atoms with Crippen LogP contribution >= 0.6 is 0 Å². The van der Waals surface area contributed by atoms with Crippen LogP contribution in [0.3, 0.4) is 0 Å². The van der Waals surface area contributed by atoms with Gasteiger partial charge in [0.25, 0.3) is 0 Å². The van der Waals surface area contributed by atoms with Crippen LogP contribution in [0.4, 0.5) is 5.69 Å². The molecule has 4 N–H and O–H groups in total. The van der Waals surface area contributed by atoms with Crippen molar-refractivity contribution >= 4 is 23.5 Å². The first-order valence-electron chi connectivity index (χ1n) is 12.0. The molecule has 0 aliphatic heterocycles. The predicted octanol–water partition coefficient (Wildman–Crippen LogP) is 4.64. The summed E-state index contributed by atoms with van der Waals surface area (Å²) in [6.45, 7) is 5.95. The van der Waals surface area contributed by atoms with E-state index in [1.807, 2.05) is 75.4 Å². The summed E-state index contributed by atoms with van der Waals surface area (Å²) in [5.41, 5.74) is 3.46. The Morgan fingerprint density at radius 3 is 2.17 bits per heavy atom. The minimum Gasteiger partial charge on any atom is -0.459 e. The molecule has 190 valence electrons. The number of hydrogen-bond donors (Lipinski definition) is 4. The maximum absolute atomic E-state index is 12.8. The molecule has 2 aromatic carbocycles. The van der Waals surface area contributed by atoms with Gasteiger partial charge in [0.1, 0.15) is 11.6 Å². The molecule has 0 bridgehead atoms. The number of hydroxylamine groups is 1. The molecule has 0 spiro atoms. The standard InChI is InChI=1S/C27H37N3O5/c1-27(2,3)35-26(33)25(21-13-7-6-8-14-21)28-19-20-12-11-15-22(18-20)29-23(31)16-9-4-5-10-17-24(32)30-34/h6-8,11-15,18,25,28,34H,4-5,9-10,16-17,19H2,1-3H3,(H,29,31)(H,30,32)/t25-/m0/s1. The molecular formula is C27H37N3O5. The van der Waals surface area contributed by atoms with Crippen molar-refractivity contribution < 1.29 is 24.3 Å². The van der Waals surface area contributed by atoms with Crippen LogP contribution in [-0.4, -0.2) is 28.6 Å². The van der Waals surface area contributed by atoms with E-state index < -0.39 is 17.6 Å². The summed E-state index contributed by atoms with van der Waals surface area (Å²) >= 11 is 0. The largest absolute Gasteiger partial charge is 0.459 e. The van der Waals surface area contributed by atoms with Gasteiger partial charge in [0, 0.05) is 25.1 Å². The molecule has 0 radical (unpaired) electrons. The lowest BCUT2D eigenvalue weighted by molar-refractivity contribution is -0.157. The second-order valence-corrected chi connectivity index (χ2v) is 9.46. The highest BCUT2D eigenvalue weighted by molar-refractivity contribution is 5.90. The van der Waals surface area contributed by atoms with Crippen LogP contribution < -0.4 is 16.1 Å². The fourth-order valence-corrected chi connectivity index (χ4v) is 3.53. The van der Waals surface area contributed by atoms with Crippen LogP contribution in [0.2, 0.25) is 0 Å². The lowest BCUT2D eigenvalue weighted by atomic mass is 10.1. The molecule has 8 heteroatoms. The highest BCUT2D eigenvalue weighted by Crippen LogP contribution is 2.20. The topological polar surface area (TPSA) is 117 Å². The van der Waals surface area contributed by atoms with Gasteiger partial charge >= 0.3 is 5.97 Å². The van der Waals surface area contributed by atoms with E-state index in [0.717, 1.165) is 30.4 Å². The Bertz CT molecular complexity index is 957. The fourth-order valence-electron chi connectivity index (χ4n) is 3.53. The molecule has 2 rings (SSSR count). The van der Waals surface area contributed by atoms with Crippen molar-refractivity contribution in [3.05, 3.63) is 65.7 Å². The molecule has 0 saturated carbocycles. The number of esters is 1. The Labute approximate surface area is 207 Å². The number of carbonyl (C=O) groups is 3. The predicted molar refractivity (Wildman–Crippen MR) is 135 cm³/mol. The molecule has 0 fully saturated rings. The van der Waals surface area contributed by atoms with E-state index in [2.05, 4.69) is 10.6 Å². The lowest BCUT2D eigenvalue weighted by Gasteiger charge is -2.25. The van der Waals surface area contributed by atoms with Crippen LogP contribution in [0.15, 0.2) is 54.6 Å². The van der Waals surface area contributed by atoms with Gasteiger partial charge in [0.15, 0.2) is 0 Å². The van der Waals surface area contributed by atoms with E-state index >= 15 is 0 Å². The van der Waals surface area contributed by atoms with E-state index in [1.54, 1.807) is 5.48 Å². The van der Waals surface area contributed by atoms with E-state index in [0.29, 0.717) is 25.1 Å². The molecule has 2 amide bonds. The third-order valence-corrected chi connectivity index (χ3v) is 5.18. The van der Waals surface area contributed by atoms with Crippen molar-refractivity contribution in [2.45, 2.75) is 77.5 Å². The molecule has 0 unspecified atom stereocenters. The number of rotatable bonds is 13. The van der Waals surface area contributed by atoms with Gasteiger partial charge in [-0.1, -0.05) is 55.3 Å². The van der Waals surface area contributed by atoms with Crippen molar-refractivity contribution in [3.63, 3.8) is 0 Å². The van der Waals surface area contributed by atoms with Gasteiger partial charge in [-0.05, 0) is 56.9 Å². The number of ether oxygens (including phenoxy) is 1. The number of nitrogens with one attached hydrogen (secondary N) is 3. The van der Waals surface area contributed by atoms with E-state index in [-0.39, 0.29) is 18.3 Å². The minimum atomic E-state index is -0.614. The minimum absolute atomic E-state index is 0.0703. The highest BCUT2D eigenvalue weighted by Gasteiger charge is 2.26. The summed E-state index contributed by atoms with van der Waals surface area (Å²) in [7, 11) is 0. The maximum atomic E-state index is 12.8. The molecule has 0 aliphatic carbocycles. The van der Waals surface area contributed by atoms with Crippen LogP contribution in [0.5, 0.6) is 0 Å². The molecule has 2 aromatic rings. The Balaban J connectivity index is 1.87. The molecule has 1 atom stereocenters. The smallest absolute Gasteiger partial charge is 0.328 e. The van der Waals surface area contributed by atoms with Crippen molar-refractivity contribution in [1.29, 1.82) is 0 Å². The van der Waals surface area contributed by atoms with E-state index in [4.69, 9.17) is 9.94 Å². The number of amides is 2. The van der Waals surface area contributed by atoms with E-state index in [9.17, 15) is 14.4 Å². The SMILES string of the molecule is CC(C)(C)OC(=O)[C@@H](NCc1cccc(NC(=O)CCCCCCC(=O)NO)c1)c1ccccc1. The van der Waals surface area contributed by atoms with Gasteiger partial charge in [0.2, 0.25) is 11.8 Å². The third-order valence-electron chi connectivity index (χ3n) is 5.18. The number of carbonyl (C=O) groups excluding carboxylic acids is 3. The molecule has 0 heterocycles. The average molecular weight is 484 g/mol. The Hall–Kier alpha value is -3.23. The van der Waals surface area contributed by atoms with Gasteiger partial charge in [-0.2, -0.15) is 0 Å². The Kier molecular flexibility index (Phi) is 11.4. The van der Waals surface area contributed by atoms with Crippen LogP contribution in [-0.2, 0) is 25.7 Å². The van der Waals surface area contributed by atoms with Crippen molar-refractivity contribution in [1.82, 2.24) is 10.8 Å². The van der Waals surface area contributed by atoms with Crippen LogP contribution in [0.1, 0.15) is 76.5 Å². The molecule has 35 heavy (non-hydrogen) atoms. The molecular weight excluding hydrogens is 446 g/mol. The first-order valence-corrected chi connectivity index (χ1v) is 12.0. The Morgan fingerprint density at radius 1 is 0.886 bits per heavy atom. The molecule has 0 saturated heterocycles. The number of hydrogen-bond acceptors (Lipinski definition) is 6. The zero-order valence-electron chi connectivity index (χ0n) is 20.8. The third kappa shape index (κ3) is 11.2. The summed E-state index contributed by atoms with van der Waals surface area (Å²) in [6.07, 6.45) is 3.73. The lowest BCUT2D eigenvalue weighted by Crippen LogP contribution is -2.34. The summed E-state index contributed by atoms with van der Waals surface area (Å²) in [5.74, 6) is -0.803. The maximum Gasteiger partial charge on any atom is 0.328 e. The molecule has 0 aliphatic rings. The van der Waals surface area contributed by atoms with Gasteiger partial charge in [-0.15, -0.1) is 0 Å². The summed E-state index contributed by atoms with van der Waals surface area (Å²) in [6, 6.07) is 16.3. The number of anilines is 1. The molecule has 8 nitrogen and oxygen atoms in total. The number of unbranched alkanes of at least 4 members (excludes halogenated alkanes) is 3.